The van der Waals surface area contributed by atoms with Crippen molar-refractivity contribution in [2.24, 2.45) is 0 Å². The number of rotatable bonds is 4. The van der Waals surface area contributed by atoms with Crippen molar-refractivity contribution in [3.8, 4) is 5.75 Å². The van der Waals surface area contributed by atoms with E-state index in [4.69, 9.17) is 4.18 Å². The first-order valence-corrected chi connectivity index (χ1v) is 6.57. The first kappa shape index (κ1) is 11.9. The van der Waals surface area contributed by atoms with Gasteiger partial charge in [-0.2, -0.15) is 0 Å². The molecule has 3 heteroatoms. The van der Waals surface area contributed by atoms with Gasteiger partial charge in [0, 0.05) is 17.6 Å². The highest BCUT2D eigenvalue weighted by atomic mass is 32.2. The average Bonchev–Trinajstić information content (AvgIpc) is 2.35. The van der Waals surface area contributed by atoms with E-state index in [1.165, 1.54) is 17.6 Å². The molecule has 0 amide bonds. The minimum absolute atomic E-state index is 0.868. The van der Waals surface area contributed by atoms with Crippen LogP contribution in [0.4, 0.5) is 11.4 Å². The van der Waals surface area contributed by atoms with Gasteiger partial charge >= 0.3 is 0 Å². The Bertz CT molecular complexity index is 465. The van der Waals surface area contributed by atoms with Crippen LogP contribution in [0.3, 0.4) is 0 Å². The molecule has 0 saturated carbocycles. The first-order valence-electron chi connectivity index (χ1n) is 5.42. The lowest BCUT2D eigenvalue weighted by atomic mass is 10.2. The zero-order valence-corrected chi connectivity index (χ0v) is 10.8. The van der Waals surface area contributed by atoms with E-state index >= 15 is 0 Å². The molecule has 0 radical (unpaired) electrons. The van der Waals surface area contributed by atoms with Crippen molar-refractivity contribution in [3.05, 3.63) is 54.1 Å². The second-order valence-electron chi connectivity index (χ2n) is 3.77. The average molecular weight is 245 g/mol. The second-order valence-corrected chi connectivity index (χ2v) is 4.27. The second kappa shape index (κ2) is 5.64. The number of hydrogen-bond donors (Lipinski definition) is 1. The molecule has 17 heavy (non-hydrogen) atoms. The van der Waals surface area contributed by atoms with Crippen LogP contribution >= 0.6 is 12.0 Å². The molecule has 2 nitrogen and oxygen atoms in total. The monoisotopic (exact) mass is 245 g/mol. The summed E-state index contributed by atoms with van der Waals surface area (Å²) in [5.74, 6) is 0.868. The highest BCUT2D eigenvalue weighted by molar-refractivity contribution is 7.94. The Morgan fingerprint density at radius 3 is 1.94 bits per heavy atom. The summed E-state index contributed by atoms with van der Waals surface area (Å²) in [7, 11) is 0. The molecule has 0 spiro atoms. The summed E-state index contributed by atoms with van der Waals surface area (Å²) in [6, 6.07) is 16.2. The maximum atomic E-state index is 5.32. The van der Waals surface area contributed by atoms with Crippen LogP contribution in [0.5, 0.6) is 5.75 Å². The van der Waals surface area contributed by atoms with E-state index in [0.717, 1.165) is 17.1 Å². The van der Waals surface area contributed by atoms with Gasteiger partial charge < -0.3 is 9.50 Å². The zero-order chi connectivity index (χ0) is 12.1. The fourth-order valence-corrected chi connectivity index (χ4v) is 1.80. The quantitative estimate of drug-likeness (QED) is 0.807. The predicted octanol–water partition coefficient (Wildman–Crippen LogP) is 4.40. The zero-order valence-electron chi connectivity index (χ0n) is 9.94. The number of benzene rings is 2. The Labute approximate surface area is 106 Å². The van der Waals surface area contributed by atoms with Gasteiger partial charge in [-0.3, -0.25) is 0 Å². The Morgan fingerprint density at radius 2 is 1.41 bits per heavy atom. The number of hydrogen-bond acceptors (Lipinski definition) is 3. The Morgan fingerprint density at radius 1 is 0.882 bits per heavy atom. The predicted molar refractivity (Wildman–Crippen MR) is 75.0 cm³/mol. The van der Waals surface area contributed by atoms with Gasteiger partial charge in [-0.1, -0.05) is 17.7 Å². The molecule has 0 fully saturated rings. The third kappa shape index (κ3) is 3.43. The van der Waals surface area contributed by atoms with Gasteiger partial charge in [0.25, 0.3) is 0 Å². The van der Waals surface area contributed by atoms with Crippen molar-refractivity contribution in [2.75, 3.05) is 11.6 Å². The smallest absolute Gasteiger partial charge is 0.137 e. The molecule has 2 aromatic carbocycles. The van der Waals surface area contributed by atoms with Gasteiger partial charge in [-0.15, -0.1) is 0 Å². The maximum absolute atomic E-state index is 5.32. The maximum Gasteiger partial charge on any atom is 0.137 e. The van der Waals surface area contributed by atoms with Crippen LogP contribution in [0, 0.1) is 6.92 Å². The molecule has 0 aliphatic carbocycles. The van der Waals surface area contributed by atoms with E-state index in [1.54, 1.807) is 0 Å². The van der Waals surface area contributed by atoms with E-state index in [0.29, 0.717) is 0 Å². The molecular formula is C14H15NOS. The lowest BCUT2D eigenvalue weighted by Crippen LogP contribution is -1.90. The van der Waals surface area contributed by atoms with Gasteiger partial charge in [0.1, 0.15) is 5.75 Å². The van der Waals surface area contributed by atoms with E-state index in [9.17, 15) is 0 Å². The van der Waals surface area contributed by atoms with E-state index in [-0.39, 0.29) is 0 Å². The van der Waals surface area contributed by atoms with Crippen molar-refractivity contribution in [3.63, 3.8) is 0 Å². The minimum Gasteiger partial charge on any atom is -0.426 e. The summed E-state index contributed by atoms with van der Waals surface area (Å²) in [6.07, 6.45) is 1.90. The fourth-order valence-electron chi connectivity index (χ4n) is 1.49. The van der Waals surface area contributed by atoms with Crippen molar-refractivity contribution in [2.45, 2.75) is 6.92 Å². The van der Waals surface area contributed by atoms with Crippen LogP contribution < -0.4 is 9.50 Å². The Kier molecular flexibility index (Phi) is 3.94. The van der Waals surface area contributed by atoms with Crippen molar-refractivity contribution in [1.29, 1.82) is 0 Å². The van der Waals surface area contributed by atoms with Crippen LogP contribution in [-0.2, 0) is 0 Å². The summed E-state index contributed by atoms with van der Waals surface area (Å²) in [5.41, 5.74) is 3.41. The van der Waals surface area contributed by atoms with Crippen LogP contribution in [0.25, 0.3) is 0 Å². The SMILES string of the molecule is CSOc1ccc(Nc2ccc(C)cc2)cc1. The molecule has 2 rings (SSSR count). The Hall–Kier alpha value is -1.61. The molecule has 0 aromatic heterocycles. The lowest BCUT2D eigenvalue weighted by Gasteiger charge is -2.07. The summed E-state index contributed by atoms with van der Waals surface area (Å²) in [6.45, 7) is 2.08. The summed E-state index contributed by atoms with van der Waals surface area (Å²) < 4.78 is 5.32. The Balaban J connectivity index is 2.05. The highest BCUT2D eigenvalue weighted by Gasteiger charge is 1.96. The van der Waals surface area contributed by atoms with Crippen molar-refractivity contribution < 1.29 is 4.18 Å². The van der Waals surface area contributed by atoms with Crippen LogP contribution in [0.2, 0.25) is 0 Å². The summed E-state index contributed by atoms with van der Waals surface area (Å²) >= 11 is 1.35. The van der Waals surface area contributed by atoms with Gasteiger partial charge in [0.05, 0.1) is 12.0 Å². The molecule has 88 valence electrons. The van der Waals surface area contributed by atoms with Gasteiger partial charge in [0.2, 0.25) is 0 Å². The molecule has 0 heterocycles. The molecule has 0 saturated heterocycles. The molecule has 0 atom stereocenters. The largest absolute Gasteiger partial charge is 0.426 e. The standard InChI is InChI=1S/C14H15NOS/c1-11-3-5-12(6-4-11)15-13-7-9-14(10-8-13)16-17-2/h3-10,15H,1-2H3. The molecule has 0 aliphatic rings. The van der Waals surface area contributed by atoms with Crippen molar-refractivity contribution >= 4 is 23.4 Å². The molecule has 0 unspecified atom stereocenters. The van der Waals surface area contributed by atoms with E-state index < -0.39 is 0 Å². The van der Waals surface area contributed by atoms with Crippen LogP contribution in [0.1, 0.15) is 5.56 Å². The highest BCUT2D eigenvalue weighted by Crippen LogP contribution is 2.21. The van der Waals surface area contributed by atoms with Gasteiger partial charge in [-0.05, 0) is 43.3 Å². The number of nitrogens with one attached hydrogen (secondary N) is 1. The fraction of sp³-hybridized carbons (Fsp3) is 0.143. The normalized spacial score (nSPS) is 10.0. The van der Waals surface area contributed by atoms with Crippen molar-refractivity contribution in [1.82, 2.24) is 0 Å². The summed E-state index contributed by atoms with van der Waals surface area (Å²) in [4.78, 5) is 0. The van der Waals surface area contributed by atoms with Gasteiger partial charge in [-0.25, -0.2) is 0 Å². The molecule has 0 aliphatic heterocycles. The number of aryl methyl sites for hydroxylation is 1. The van der Waals surface area contributed by atoms with Gasteiger partial charge in [0.15, 0.2) is 0 Å². The topological polar surface area (TPSA) is 21.3 Å². The third-order valence-electron chi connectivity index (χ3n) is 2.37. The first-order chi connectivity index (χ1) is 8.28. The molecular weight excluding hydrogens is 230 g/mol. The molecule has 0 bridgehead atoms. The van der Waals surface area contributed by atoms with E-state index in [2.05, 4.69) is 36.5 Å². The lowest BCUT2D eigenvalue weighted by molar-refractivity contribution is 0.650. The minimum atomic E-state index is 0.868. The molecule has 1 N–H and O–H groups in total. The van der Waals surface area contributed by atoms with Crippen LogP contribution in [-0.4, -0.2) is 6.26 Å². The van der Waals surface area contributed by atoms with Crippen LogP contribution in [0.15, 0.2) is 48.5 Å². The third-order valence-corrected chi connectivity index (χ3v) is 2.73. The molecule has 2 aromatic rings. The number of anilines is 2. The van der Waals surface area contributed by atoms with E-state index in [1.807, 2.05) is 30.5 Å². The summed E-state index contributed by atoms with van der Waals surface area (Å²) in [5, 5.41) is 3.34.